The first-order valence-electron chi connectivity index (χ1n) is 10.8. The molecule has 0 radical (unpaired) electrons. The number of halogens is 1. The van der Waals surface area contributed by atoms with Gasteiger partial charge in [0.2, 0.25) is 0 Å². The number of nitrogens with zero attached hydrogens (tertiary/aromatic N) is 2. The van der Waals surface area contributed by atoms with Gasteiger partial charge in [0, 0.05) is 29.7 Å². The van der Waals surface area contributed by atoms with Crippen LogP contribution in [0.15, 0.2) is 17.5 Å². The molecular formula is C25H39ClN2O2S. The number of methoxy groups -OCH3 is 1. The molecule has 0 N–H and O–H groups in total. The van der Waals surface area contributed by atoms with Crippen LogP contribution in [0.4, 0.5) is 0 Å². The van der Waals surface area contributed by atoms with E-state index in [9.17, 15) is 0 Å². The maximum absolute atomic E-state index is 5.99. The average Bonchev–Trinajstić information content (AvgIpc) is 3.16. The Balaban J connectivity index is 0.00000341. The van der Waals surface area contributed by atoms with Crippen LogP contribution in [0.5, 0.6) is 5.75 Å². The summed E-state index contributed by atoms with van der Waals surface area (Å²) >= 11 is 1.76. The van der Waals surface area contributed by atoms with Crippen LogP contribution in [0.1, 0.15) is 70.5 Å². The normalized spacial score (nSPS) is 16.8. The van der Waals surface area contributed by atoms with Crippen molar-refractivity contribution in [2.45, 2.75) is 70.8 Å². The predicted molar refractivity (Wildman–Crippen MR) is 134 cm³/mol. The fraction of sp³-hybridized carbons (Fsp3) is 0.640. The minimum absolute atomic E-state index is 0. The Morgan fingerprint density at radius 1 is 1.03 bits per heavy atom. The van der Waals surface area contributed by atoms with Crippen molar-refractivity contribution in [2.24, 2.45) is 0 Å². The number of hydrogen-bond donors (Lipinski definition) is 0. The molecule has 0 spiro atoms. The third-order valence-electron chi connectivity index (χ3n) is 6.32. The van der Waals surface area contributed by atoms with E-state index in [0.717, 1.165) is 43.1 Å². The Labute approximate surface area is 198 Å². The average molecular weight is 467 g/mol. The highest BCUT2D eigenvalue weighted by Crippen LogP contribution is 2.45. The first-order valence-corrected chi connectivity index (χ1v) is 11.7. The number of aromatic nitrogens is 1. The molecule has 1 aliphatic heterocycles. The summed E-state index contributed by atoms with van der Waals surface area (Å²) in [6, 6.07) is 4.59. The number of hydrogen-bond acceptors (Lipinski definition) is 5. The Kier molecular flexibility index (Phi) is 7.90. The smallest absolute Gasteiger partial charge is 0.132 e. The zero-order valence-electron chi connectivity index (χ0n) is 20.6. The molecule has 6 heteroatoms. The number of thiazole rings is 1. The van der Waals surface area contributed by atoms with Crippen molar-refractivity contribution in [3.05, 3.63) is 33.6 Å². The molecule has 3 rings (SSSR count). The van der Waals surface area contributed by atoms with Crippen molar-refractivity contribution >= 4 is 23.7 Å². The second-order valence-corrected chi connectivity index (χ2v) is 11.5. The van der Waals surface area contributed by atoms with E-state index in [1.54, 1.807) is 18.4 Å². The van der Waals surface area contributed by atoms with Crippen molar-refractivity contribution in [2.75, 3.05) is 34.4 Å². The lowest BCUT2D eigenvalue weighted by molar-refractivity contribution is -0.0106. The molecule has 0 amide bonds. The van der Waals surface area contributed by atoms with Gasteiger partial charge in [0.25, 0.3) is 0 Å². The lowest BCUT2D eigenvalue weighted by Gasteiger charge is -2.41. The highest BCUT2D eigenvalue weighted by Gasteiger charge is 2.39. The second-order valence-electron chi connectivity index (χ2n) is 10.7. The van der Waals surface area contributed by atoms with E-state index in [1.165, 1.54) is 16.1 Å². The van der Waals surface area contributed by atoms with Crippen LogP contribution < -0.4 is 4.74 Å². The van der Waals surface area contributed by atoms with Gasteiger partial charge in [-0.25, -0.2) is 4.98 Å². The summed E-state index contributed by atoms with van der Waals surface area (Å²) in [5.74, 6) is 0.943. The van der Waals surface area contributed by atoms with Gasteiger partial charge in [-0.3, -0.25) is 4.90 Å². The van der Waals surface area contributed by atoms with E-state index in [4.69, 9.17) is 14.5 Å². The number of benzene rings is 1. The molecule has 0 saturated carbocycles. The first-order chi connectivity index (χ1) is 13.9. The highest BCUT2D eigenvalue weighted by molar-refractivity contribution is 7.10. The molecule has 1 fully saturated rings. The molecule has 0 aliphatic carbocycles. The molecule has 0 bridgehead atoms. The summed E-state index contributed by atoms with van der Waals surface area (Å²) in [4.78, 5) is 7.51. The van der Waals surface area contributed by atoms with Gasteiger partial charge in [-0.15, -0.1) is 23.7 Å². The summed E-state index contributed by atoms with van der Waals surface area (Å²) < 4.78 is 11.6. The SMILES string of the molecule is COc1c(-c2csc(C3(N(C)C)CCOCC3)n2)cc(C(C)(C)C)cc1C(C)(C)C.Cl. The van der Waals surface area contributed by atoms with Crippen molar-refractivity contribution in [1.29, 1.82) is 0 Å². The minimum Gasteiger partial charge on any atom is -0.496 e. The predicted octanol–water partition coefficient (Wildman–Crippen LogP) is 6.40. The van der Waals surface area contributed by atoms with Crippen molar-refractivity contribution < 1.29 is 9.47 Å². The van der Waals surface area contributed by atoms with Gasteiger partial charge in [0.15, 0.2) is 0 Å². The number of ether oxygens (including phenoxy) is 2. The van der Waals surface area contributed by atoms with Crippen LogP contribution in [-0.4, -0.2) is 44.3 Å². The summed E-state index contributed by atoms with van der Waals surface area (Å²) in [5.41, 5.74) is 4.62. The third-order valence-corrected chi connectivity index (χ3v) is 7.36. The third kappa shape index (κ3) is 5.11. The molecule has 0 atom stereocenters. The van der Waals surface area contributed by atoms with Crippen LogP contribution >= 0.6 is 23.7 Å². The van der Waals surface area contributed by atoms with E-state index in [2.05, 4.69) is 78.1 Å². The molecule has 174 valence electrons. The Morgan fingerprint density at radius 2 is 1.65 bits per heavy atom. The van der Waals surface area contributed by atoms with E-state index in [0.29, 0.717) is 0 Å². The zero-order chi connectivity index (χ0) is 22.3. The molecule has 1 aromatic heterocycles. The maximum Gasteiger partial charge on any atom is 0.132 e. The van der Waals surface area contributed by atoms with Crippen LogP contribution in [0, 0.1) is 0 Å². The second kappa shape index (κ2) is 9.38. The van der Waals surface area contributed by atoms with Crippen LogP contribution in [-0.2, 0) is 21.1 Å². The van der Waals surface area contributed by atoms with Gasteiger partial charge < -0.3 is 9.47 Å². The van der Waals surface area contributed by atoms with Gasteiger partial charge >= 0.3 is 0 Å². The van der Waals surface area contributed by atoms with Gasteiger partial charge in [-0.1, -0.05) is 47.6 Å². The van der Waals surface area contributed by atoms with Gasteiger partial charge in [-0.05, 0) is 49.4 Å². The molecule has 4 nitrogen and oxygen atoms in total. The fourth-order valence-corrected chi connectivity index (χ4v) is 5.36. The molecule has 0 unspecified atom stereocenters. The standard InChI is InChI=1S/C25H38N2O2S.ClH/c1-23(2,3)17-14-18(21(28-9)19(15-17)24(4,5)6)20-16-30-22(26-20)25(27(7)8)10-12-29-13-11-25;/h14-16H,10-13H2,1-9H3;1H. The van der Waals surface area contributed by atoms with Crippen LogP contribution in [0.3, 0.4) is 0 Å². The largest absolute Gasteiger partial charge is 0.496 e. The summed E-state index contributed by atoms with van der Waals surface area (Å²) in [6.45, 7) is 15.1. The zero-order valence-corrected chi connectivity index (χ0v) is 22.2. The van der Waals surface area contributed by atoms with Gasteiger partial charge in [0.05, 0.1) is 18.3 Å². The van der Waals surface area contributed by atoms with Gasteiger partial charge in [-0.2, -0.15) is 0 Å². The van der Waals surface area contributed by atoms with E-state index >= 15 is 0 Å². The Hall–Kier alpha value is -1.14. The maximum atomic E-state index is 5.99. The molecule has 1 aromatic carbocycles. The minimum atomic E-state index is -0.0527. The molecular weight excluding hydrogens is 428 g/mol. The summed E-state index contributed by atoms with van der Waals surface area (Å²) in [7, 11) is 6.09. The number of rotatable bonds is 4. The molecule has 1 saturated heterocycles. The monoisotopic (exact) mass is 466 g/mol. The first kappa shape index (κ1) is 26.1. The highest BCUT2D eigenvalue weighted by atomic mass is 35.5. The van der Waals surface area contributed by atoms with Crippen LogP contribution in [0.2, 0.25) is 0 Å². The quantitative estimate of drug-likeness (QED) is 0.521. The summed E-state index contributed by atoms with van der Waals surface area (Å²) in [6.07, 6.45) is 1.94. The van der Waals surface area contributed by atoms with Crippen molar-refractivity contribution in [1.82, 2.24) is 9.88 Å². The molecule has 1 aliphatic rings. The fourth-order valence-electron chi connectivity index (χ4n) is 4.20. The lowest BCUT2D eigenvalue weighted by Crippen LogP contribution is -2.45. The van der Waals surface area contributed by atoms with Gasteiger partial charge in [0.1, 0.15) is 10.8 Å². The van der Waals surface area contributed by atoms with Crippen LogP contribution in [0.25, 0.3) is 11.3 Å². The molecule has 2 heterocycles. The molecule has 31 heavy (non-hydrogen) atoms. The Bertz CT molecular complexity index is 888. The topological polar surface area (TPSA) is 34.6 Å². The molecule has 2 aromatic rings. The van der Waals surface area contributed by atoms with Crippen molar-refractivity contribution in [3.63, 3.8) is 0 Å². The van der Waals surface area contributed by atoms with E-state index in [-0.39, 0.29) is 28.8 Å². The van der Waals surface area contributed by atoms with E-state index in [1.807, 2.05) is 0 Å². The Morgan fingerprint density at radius 3 is 2.13 bits per heavy atom. The van der Waals surface area contributed by atoms with Crippen molar-refractivity contribution in [3.8, 4) is 17.0 Å². The van der Waals surface area contributed by atoms with E-state index < -0.39 is 0 Å². The summed E-state index contributed by atoms with van der Waals surface area (Å²) in [5, 5.41) is 3.37. The lowest BCUT2D eigenvalue weighted by atomic mass is 9.78.